The number of benzene rings is 1. The SMILES string of the molecule is O=C1[C@@H]2CCCCN2C(=O)N1OCc1ccccc1. The van der Waals surface area contributed by atoms with Gasteiger partial charge in [0.2, 0.25) is 0 Å². The number of hydrogen-bond donors (Lipinski definition) is 0. The highest BCUT2D eigenvalue weighted by Crippen LogP contribution is 2.27. The number of piperidine rings is 1. The fraction of sp³-hybridized carbons (Fsp3) is 0.429. The number of hydrogen-bond acceptors (Lipinski definition) is 3. The van der Waals surface area contributed by atoms with Gasteiger partial charge in [0.1, 0.15) is 12.6 Å². The van der Waals surface area contributed by atoms with Gasteiger partial charge < -0.3 is 4.90 Å². The molecule has 0 bridgehead atoms. The summed E-state index contributed by atoms with van der Waals surface area (Å²) in [6, 6.07) is 8.89. The summed E-state index contributed by atoms with van der Waals surface area (Å²) in [5.41, 5.74) is 0.938. The van der Waals surface area contributed by atoms with Crippen LogP contribution in [0.25, 0.3) is 0 Å². The summed E-state index contributed by atoms with van der Waals surface area (Å²) in [6.07, 6.45) is 2.70. The average molecular weight is 260 g/mol. The molecular weight excluding hydrogens is 244 g/mol. The van der Waals surface area contributed by atoms with E-state index in [1.165, 1.54) is 0 Å². The Hall–Kier alpha value is -1.88. The van der Waals surface area contributed by atoms with Crippen molar-refractivity contribution in [2.45, 2.75) is 31.9 Å². The summed E-state index contributed by atoms with van der Waals surface area (Å²) < 4.78 is 0. The molecule has 1 aromatic carbocycles. The Labute approximate surface area is 111 Å². The van der Waals surface area contributed by atoms with Crippen molar-refractivity contribution in [1.82, 2.24) is 9.96 Å². The highest BCUT2D eigenvalue weighted by Gasteiger charge is 2.46. The summed E-state index contributed by atoms with van der Waals surface area (Å²) in [5.74, 6) is -0.222. The second kappa shape index (κ2) is 5.01. The number of nitrogens with zero attached hydrogens (tertiary/aromatic N) is 2. The van der Waals surface area contributed by atoms with Crippen LogP contribution in [0.4, 0.5) is 4.79 Å². The number of imide groups is 1. The molecule has 5 heteroatoms. The van der Waals surface area contributed by atoms with E-state index < -0.39 is 0 Å². The molecule has 1 aromatic rings. The maximum atomic E-state index is 12.1. The molecule has 0 unspecified atom stereocenters. The summed E-state index contributed by atoms with van der Waals surface area (Å²) in [5, 5.41) is 0.934. The zero-order valence-electron chi connectivity index (χ0n) is 10.6. The van der Waals surface area contributed by atoms with E-state index in [2.05, 4.69) is 0 Å². The minimum atomic E-state index is -0.314. The number of fused-ring (bicyclic) bond motifs is 1. The molecule has 0 aliphatic carbocycles. The van der Waals surface area contributed by atoms with E-state index in [4.69, 9.17) is 4.84 Å². The molecule has 19 heavy (non-hydrogen) atoms. The van der Waals surface area contributed by atoms with Crippen molar-refractivity contribution in [3.05, 3.63) is 35.9 Å². The third-order valence-electron chi connectivity index (χ3n) is 3.61. The first-order chi connectivity index (χ1) is 9.27. The van der Waals surface area contributed by atoms with Crippen LogP contribution in [0.15, 0.2) is 30.3 Å². The lowest BCUT2D eigenvalue weighted by molar-refractivity contribution is -0.167. The Kier molecular flexibility index (Phi) is 3.21. The van der Waals surface area contributed by atoms with E-state index in [1.54, 1.807) is 4.90 Å². The number of urea groups is 1. The van der Waals surface area contributed by atoms with E-state index in [9.17, 15) is 9.59 Å². The van der Waals surface area contributed by atoms with Gasteiger partial charge in [-0.1, -0.05) is 30.3 Å². The van der Waals surface area contributed by atoms with Gasteiger partial charge in [0.05, 0.1) is 0 Å². The number of carbonyl (C=O) groups is 2. The predicted molar refractivity (Wildman–Crippen MR) is 67.8 cm³/mol. The summed E-state index contributed by atoms with van der Waals surface area (Å²) in [4.78, 5) is 31.2. The summed E-state index contributed by atoms with van der Waals surface area (Å²) in [6.45, 7) is 0.888. The molecule has 0 saturated carbocycles. The van der Waals surface area contributed by atoms with Crippen molar-refractivity contribution >= 4 is 11.9 Å². The molecule has 0 aromatic heterocycles. The molecule has 3 amide bonds. The van der Waals surface area contributed by atoms with E-state index in [-0.39, 0.29) is 24.6 Å². The number of rotatable bonds is 3. The Morgan fingerprint density at radius 1 is 1.16 bits per heavy atom. The Morgan fingerprint density at radius 3 is 2.68 bits per heavy atom. The van der Waals surface area contributed by atoms with Gasteiger partial charge in [0.15, 0.2) is 0 Å². The summed E-state index contributed by atoms with van der Waals surface area (Å²) >= 11 is 0. The first-order valence-corrected chi connectivity index (χ1v) is 6.59. The second-order valence-electron chi connectivity index (χ2n) is 4.88. The van der Waals surface area contributed by atoms with Crippen molar-refractivity contribution in [2.75, 3.05) is 6.54 Å². The predicted octanol–water partition coefficient (Wildman–Crippen LogP) is 1.93. The Morgan fingerprint density at radius 2 is 1.95 bits per heavy atom. The molecule has 100 valence electrons. The van der Waals surface area contributed by atoms with E-state index in [0.29, 0.717) is 6.54 Å². The standard InChI is InChI=1S/C14H16N2O3/c17-13-12-8-4-5-9-15(12)14(18)16(13)19-10-11-6-2-1-3-7-11/h1-3,6-7,12H,4-5,8-10H2/t12-/m0/s1. The summed E-state index contributed by atoms with van der Waals surface area (Å²) in [7, 11) is 0. The molecule has 3 rings (SSSR count). The third-order valence-corrected chi connectivity index (χ3v) is 3.61. The zero-order chi connectivity index (χ0) is 13.2. The van der Waals surface area contributed by atoms with Crippen molar-refractivity contribution in [2.24, 2.45) is 0 Å². The van der Waals surface area contributed by atoms with Crippen LogP contribution in [0, 0.1) is 0 Å². The van der Waals surface area contributed by atoms with Gasteiger partial charge in [-0.25, -0.2) is 4.79 Å². The van der Waals surface area contributed by atoms with Crippen LogP contribution in [0.2, 0.25) is 0 Å². The zero-order valence-corrected chi connectivity index (χ0v) is 10.6. The quantitative estimate of drug-likeness (QED) is 0.780. The van der Waals surface area contributed by atoms with Crippen molar-refractivity contribution < 1.29 is 14.4 Å². The lowest BCUT2D eigenvalue weighted by Gasteiger charge is -2.25. The van der Waals surface area contributed by atoms with Gasteiger partial charge in [-0.15, -0.1) is 5.06 Å². The molecule has 2 saturated heterocycles. The van der Waals surface area contributed by atoms with Crippen LogP contribution in [0.3, 0.4) is 0 Å². The van der Waals surface area contributed by atoms with Gasteiger partial charge in [-0.3, -0.25) is 9.63 Å². The fourth-order valence-electron chi connectivity index (χ4n) is 2.60. The monoisotopic (exact) mass is 260 g/mol. The lowest BCUT2D eigenvalue weighted by Crippen LogP contribution is -2.38. The van der Waals surface area contributed by atoms with Gasteiger partial charge in [-0.2, -0.15) is 0 Å². The second-order valence-corrected chi connectivity index (χ2v) is 4.88. The van der Waals surface area contributed by atoms with Gasteiger partial charge in [0.25, 0.3) is 5.91 Å². The molecule has 5 nitrogen and oxygen atoms in total. The topological polar surface area (TPSA) is 49.9 Å². The number of carbonyl (C=O) groups excluding carboxylic acids is 2. The molecule has 0 N–H and O–H groups in total. The molecule has 0 spiro atoms. The van der Waals surface area contributed by atoms with E-state index in [0.717, 1.165) is 29.9 Å². The van der Waals surface area contributed by atoms with E-state index >= 15 is 0 Å². The highest BCUT2D eigenvalue weighted by molar-refractivity contribution is 6.03. The molecule has 1 atom stereocenters. The molecule has 2 aliphatic heterocycles. The molecule has 2 aliphatic rings. The van der Waals surface area contributed by atoms with Gasteiger partial charge >= 0.3 is 6.03 Å². The Balaban J connectivity index is 1.68. The Bertz CT molecular complexity index is 465. The van der Waals surface area contributed by atoms with Crippen LogP contribution < -0.4 is 0 Å². The fourth-order valence-corrected chi connectivity index (χ4v) is 2.60. The van der Waals surface area contributed by atoms with Gasteiger partial charge in [-0.05, 0) is 24.8 Å². The normalized spacial score (nSPS) is 22.8. The van der Waals surface area contributed by atoms with Crippen molar-refractivity contribution in [3.8, 4) is 0 Å². The first kappa shape index (κ1) is 12.2. The third kappa shape index (κ3) is 2.21. The molecule has 0 radical (unpaired) electrons. The van der Waals surface area contributed by atoms with Crippen LogP contribution >= 0.6 is 0 Å². The largest absolute Gasteiger partial charge is 0.352 e. The number of hydroxylamine groups is 2. The average Bonchev–Trinajstić information content (AvgIpc) is 2.71. The smallest absolute Gasteiger partial charge is 0.310 e. The molecule has 2 fully saturated rings. The maximum Gasteiger partial charge on any atom is 0.352 e. The van der Waals surface area contributed by atoms with E-state index in [1.807, 2.05) is 30.3 Å². The van der Waals surface area contributed by atoms with Gasteiger partial charge in [0, 0.05) is 6.54 Å². The van der Waals surface area contributed by atoms with Crippen LogP contribution in [0.1, 0.15) is 24.8 Å². The van der Waals surface area contributed by atoms with Crippen molar-refractivity contribution in [3.63, 3.8) is 0 Å². The van der Waals surface area contributed by atoms with Crippen LogP contribution in [-0.4, -0.2) is 34.5 Å². The van der Waals surface area contributed by atoms with Crippen LogP contribution in [-0.2, 0) is 16.2 Å². The number of amides is 3. The minimum Gasteiger partial charge on any atom is -0.310 e. The molecular formula is C14H16N2O3. The molecule has 2 heterocycles. The van der Waals surface area contributed by atoms with Crippen LogP contribution in [0.5, 0.6) is 0 Å². The van der Waals surface area contributed by atoms with Crippen molar-refractivity contribution in [1.29, 1.82) is 0 Å². The first-order valence-electron chi connectivity index (χ1n) is 6.59. The highest BCUT2D eigenvalue weighted by atomic mass is 16.7. The maximum absolute atomic E-state index is 12.1. The minimum absolute atomic E-state index is 0.222. The lowest BCUT2D eigenvalue weighted by atomic mass is 10.0.